The molecular weight excluding hydrogens is 354 g/mol. The zero-order chi connectivity index (χ0) is 19.6. The summed E-state index contributed by atoms with van der Waals surface area (Å²) in [6.45, 7) is 0. The summed E-state index contributed by atoms with van der Waals surface area (Å²) in [6.07, 6.45) is -0.509. The highest BCUT2D eigenvalue weighted by Crippen LogP contribution is 2.31. The molecule has 138 valence electrons. The highest BCUT2D eigenvalue weighted by atomic mass is 16.4. The second-order valence-corrected chi connectivity index (χ2v) is 5.81. The third-order valence-corrected chi connectivity index (χ3v) is 3.85. The number of carbonyl (C=O) groups is 2. The zero-order valence-corrected chi connectivity index (χ0v) is 13.9. The lowest BCUT2D eigenvalue weighted by Crippen LogP contribution is -2.13. The Morgan fingerprint density at radius 2 is 1.70 bits per heavy atom. The van der Waals surface area contributed by atoms with E-state index in [0.717, 1.165) is 0 Å². The van der Waals surface area contributed by atoms with Gasteiger partial charge in [0.15, 0.2) is 5.76 Å². The maximum absolute atomic E-state index is 12.5. The second-order valence-electron chi connectivity index (χ2n) is 5.81. The number of aromatic hydroxyl groups is 2. The maximum Gasteiger partial charge on any atom is 0.303 e. The molecule has 0 aliphatic carbocycles. The van der Waals surface area contributed by atoms with Crippen LogP contribution in [0, 0.1) is 0 Å². The van der Waals surface area contributed by atoms with E-state index >= 15 is 0 Å². The minimum atomic E-state index is -1.09. The van der Waals surface area contributed by atoms with Gasteiger partial charge in [-0.15, -0.1) is 0 Å². The van der Waals surface area contributed by atoms with Gasteiger partial charge in [0.25, 0.3) is 0 Å². The van der Waals surface area contributed by atoms with Crippen LogP contribution in [-0.4, -0.2) is 27.2 Å². The Labute approximate surface area is 152 Å². The fourth-order valence-corrected chi connectivity index (χ4v) is 2.52. The van der Waals surface area contributed by atoms with Crippen LogP contribution >= 0.6 is 0 Å². The van der Waals surface area contributed by atoms with E-state index in [1.165, 1.54) is 42.5 Å². The molecule has 0 saturated heterocycles. The first kappa shape index (κ1) is 18.0. The molecule has 8 nitrogen and oxygen atoms in total. The summed E-state index contributed by atoms with van der Waals surface area (Å²) in [6, 6.07) is 10.1. The summed E-state index contributed by atoms with van der Waals surface area (Å²) < 4.78 is 5.62. The molecule has 2 aromatic carbocycles. The smallest absolute Gasteiger partial charge is 0.303 e. The van der Waals surface area contributed by atoms with Crippen molar-refractivity contribution in [2.24, 2.45) is 0 Å². The number of phenolic OH excluding ortho intramolecular Hbond substituents is 1. The first-order valence-corrected chi connectivity index (χ1v) is 7.96. The van der Waals surface area contributed by atoms with Crippen molar-refractivity contribution in [3.8, 4) is 22.8 Å². The summed E-state index contributed by atoms with van der Waals surface area (Å²) >= 11 is 0. The van der Waals surface area contributed by atoms with E-state index in [2.05, 4.69) is 5.32 Å². The van der Waals surface area contributed by atoms with E-state index in [4.69, 9.17) is 9.52 Å². The molecule has 0 saturated carbocycles. The Morgan fingerprint density at radius 3 is 2.37 bits per heavy atom. The summed E-state index contributed by atoms with van der Waals surface area (Å²) in [5.74, 6) is -2.19. The molecule has 3 rings (SSSR count). The van der Waals surface area contributed by atoms with Gasteiger partial charge in [-0.2, -0.15) is 0 Å². The topological polar surface area (TPSA) is 137 Å². The van der Waals surface area contributed by atoms with Crippen LogP contribution in [0.5, 0.6) is 11.5 Å². The van der Waals surface area contributed by atoms with Gasteiger partial charge in [-0.05, 0) is 42.5 Å². The van der Waals surface area contributed by atoms with Gasteiger partial charge in [0.05, 0.1) is 11.8 Å². The number of benzene rings is 2. The quantitative estimate of drug-likeness (QED) is 0.542. The molecule has 0 aliphatic rings. The van der Waals surface area contributed by atoms with Gasteiger partial charge in [0.2, 0.25) is 17.1 Å². The lowest BCUT2D eigenvalue weighted by atomic mass is 10.1. The van der Waals surface area contributed by atoms with Crippen molar-refractivity contribution in [1.29, 1.82) is 0 Å². The number of nitrogens with one attached hydrogen (secondary N) is 1. The summed E-state index contributed by atoms with van der Waals surface area (Å²) in [5.41, 5.74) is 0.211. The van der Waals surface area contributed by atoms with Gasteiger partial charge in [0, 0.05) is 17.7 Å². The van der Waals surface area contributed by atoms with Crippen LogP contribution in [0.25, 0.3) is 22.3 Å². The Bertz CT molecular complexity index is 1080. The van der Waals surface area contributed by atoms with Crippen molar-refractivity contribution in [3.05, 3.63) is 52.7 Å². The van der Waals surface area contributed by atoms with E-state index in [1.807, 2.05) is 0 Å². The van der Waals surface area contributed by atoms with Crippen molar-refractivity contribution in [3.63, 3.8) is 0 Å². The monoisotopic (exact) mass is 369 g/mol. The minimum absolute atomic E-state index is 0.0321. The second kappa shape index (κ2) is 7.20. The fourth-order valence-electron chi connectivity index (χ4n) is 2.52. The molecule has 3 aromatic rings. The van der Waals surface area contributed by atoms with Gasteiger partial charge in [0.1, 0.15) is 11.3 Å². The van der Waals surface area contributed by atoms with Crippen molar-refractivity contribution in [2.45, 2.75) is 12.8 Å². The summed E-state index contributed by atoms with van der Waals surface area (Å²) in [7, 11) is 0. The normalized spacial score (nSPS) is 10.7. The molecule has 1 aromatic heterocycles. The molecular formula is C19H15NO7. The molecule has 8 heteroatoms. The predicted octanol–water partition coefficient (Wildman–Crippen LogP) is 2.67. The number of aliphatic carboxylic acids is 1. The third kappa shape index (κ3) is 3.90. The van der Waals surface area contributed by atoms with Crippen LogP contribution in [0.2, 0.25) is 0 Å². The van der Waals surface area contributed by atoms with Gasteiger partial charge in [-0.1, -0.05) is 0 Å². The number of carbonyl (C=O) groups excluding carboxylic acids is 1. The zero-order valence-electron chi connectivity index (χ0n) is 13.9. The van der Waals surface area contributed by atoms with Gasteiger partial charge >= 0.3 is 5.97 Å². The Morgan fingerprint density at radius 1 is 1.00 bits per heavy atom. The van der Waals surface area contributed by atoms with Crippen molar-refractivity contribution in [2.75, 3.05) is 5.32 Å². The number of amides is 1. The first-order chi connectivity index (χ1) is 12.8. The average Bonchev–Trinajstić information content (AvgIpc) is 2.64. The molecule has 27 heavy (non-hydrogen) atoms. The van der Waals surface area contributed by atoms with E-state index in [9.17, 15) is 24.6 Å². The van der Waals surface area contributed by atoms with Crippen LogP contribution < -0.4 is 10.7 Å². The molecule has 4 N–H and O–H groups in total. The molecule has 1 heterocycles. The number of hydrogen-bond donors (Lipinski definition) is 4. The van der Waals surface area contributed by atoms with Crippen LogP contribution in [-0.2, 0) is 9.59 Å². The lowest BCUT2D eigenvalue weighted by Gasteiger charge is -2.08. The first-order valence-electron chi connectivity index (χ1n) is 7.96. The number of phenols is 1. The molecule has 0 unspecified atom stereocenters. The van der Waals surface area contributed by atoms with Crippen LogP contribution in [0.4, 0.5) is 5.69 Å². The van der Waals surface area contributed by atoms with Crippen molar-refractivity contribution < 1.29 is 29.3 Å². The van der Waals surface area contributed by atoms with Crippen LogP contribution in [0.1, 0.15) is 12.8 Å². The van der Waals surface area contributed by atoms with Gasteiger partial charge in [-0.3, -0.25) is 14.4 Å². The van der Waals surface area contributed by atoms with E-state index in [1.54, 1.807) is 0 Å². The Balaban J connectivity index is 1.96. The number of carboxylic acid groups (broad SMARTS) is 1. The Hall–Kier alpha value is -3.81. The summed E-state index contributed by atoms with van der Waals surface area (Å²) in [4.78, 5) is 34.7. The van der Waals surface area contributed by atoms with Crippen molar-refractivity contribution in [1.82, 2.24) is 0 Å². The van der Waals surface area contributed by atoms with Crippen molar-refractivity contribution >= 4 is 28.5 Å². The SMILES string of the molecule is O=C(O)CCC(=O)Nc1ccc2oc(-c3ccc(O)cc3)c(O)c(=O)c2c1. The Kier molecular flexibility index (Phi) is 4.80. The van der Waals surface area contributed by atoms with Crippen LogP contribution in [0.3, 0.4) is 0 Å². The molecule has 0 atom stereocenters. The lowest BCUT2D eigenvalue weighted by molar-refractivity contribution is -0.138. The van der Waals surface area contributed by atoms with Crippen LogP contribution in [0.15, 0.2) is 51.7 Å². The van der Waals surface area contributed by atoms with E-state index in [-0.39, 0.29) is 41.0 Å². The number of fused-ring (bicyclic) bond motifs is 1. The van der Waals surface area contributed by atoms with E-state index < -0.39 is 23.1 Å². The largest absolute Gasteiger partial charge is 0.508 e. The van der Waals surface area contributed by atoms with E-state index in [0.29, 0.717) is 5.56 Å². The molecule has 1 amide bonds. The molecule has 0 radical (unpaired) electrons. The number of rotatable bonds is 5. The highest BCUT2D eigenvalue weighted by Gasteiger charge is 2.16. The van der Waals surface area contributed by atoms with Gasteiger partial charge in [-0.25, -0.2) is 0 Å². The number of anilines is 1. The maximum atomic E-state index is 12.5. The molecule has 0 fully saturated rings. The minimum Gasteiger partial charge on any atom is -0.508 e. The third-order valence-electron chi connectivity index (χ3n) is 3.85. The summed E-state index contributed by atoms with van der Waals surface area (Å²) in [5, 5.41) is 30.7. The highest BCUT2D eigenvalue weighted by molar-refractivity contribution is 5.95. The number of carboxylic acids is 1. The molecule has 0 bridgehead atoms. The number of hydrogen-bond acceptors (Lipinski definition) is 6. The fraction of sp³-hybridized carbons (Fsp3) is 0.105. The molecule has 0 aliphatic heterocycles. The predicted molar refractivity (Wildman–Crippen MR) is 96.7 cm³/mol. The standard InChI is InChI=1S/C19H15NO7/c21-12-4-1-10(2-5-12)19-18(26)17(25)13-9-11(3-6-14(13)27-19)20-15(22)7-8-16(23)24/h1-6,9,21,26H,7-8H2,(H,20,22)(H,23,24). The molecule has 0 spiro atoms. The van der Waals surface area contributed by atoms with Gasteiger partial charge < -0.3 is 25.1 Å². The average molecular weight is 369 g/mol.